The molecule has 4 amide bonds. The van der Waals surface area contributed by atoms with E-state index in [1.54, 1.807) is 23.2 Å². The number of nitrogens with one attached hydrogen (secondary N) is 3. The summed E-state index contributed by atoms with van der Waals surface area (Å²) >= 11 is 0. The van der Waals surface area contributed by atoms with Gasteiger partial charge in [0, 0.05) is 81.4 Å². The highest BCUT2D eigenvalue weighted by atomic mass is 16.5. The van der Waals surface area contributed by atoms with Crippen LogP contribution in [0.5, 0.6) is 5.75 Å². The summed E-state index contributed by atoms with van der Waals surface area (Å²) in [5.74, 6) is 1.11. The first-order chi connectivity index (χ1) is 28.2. The Labute approximate surface area is 335 Å². The first-order valence-corrected chi connectivity index (χ1v) is 19.5. The molecule has 2 aromatic heterocycles. The van der Waals surface area contributed by atoms with Crippen LogP contribution in [-0.2, 0) is 29.7 Å². The molecule has 3 N–H and O–H groups in total. The number of carbonyl (C=O) groups excluding carboxylic acids is 4. The van der Waals surface area contributed by atoms with E-state index in [-0.39, 0.29) is 30.2 Å². The Balaban J connectivity index is 0.762. The predicted octanol–water partition coefficient (Wildman–Crippen LogP) is 3.34. The number of imide groups is 1. The number of anilines is 2. The molecule has 2 atom stereocenters. The van der Waals surface area contributed by atoms with Crippen molar-refractivity contribution in [2.75, 3.05) is 49.5 Å². The summed E-state index contributed by atoms with van der Waals surface area (Å²) in [5.41, 5.74) is 5.58. The average molecular weight is 784 g/mol. The van der Waals surface area contributed by atoms with Gasteiger partial charge in [-0.05, 0) is 79.1 Å². The van der Waals surface area contributed by atoms with E-state index in [1.165, 1.54) is 6.33 Å². The lowest BCUT2D eigenvalue weighted by Gasteiger charge is -2.36. The van der Waals surface area contributed by atoms with Gasteiger partial charge < -0.3 is 29.7 Å². The fourth-order valence-corrected chi connectivity index (χ4v) is 7.61. The van der Waals surface area contributed by atoms with Crippen LogP contribution in [0.25, 0.3) is 11.5 Å². The molecule has 5 aromatic rings. The number of carbonyl (C=O) groups is 4. The highest BCUT2D eigenvalue weighted by Gasteiger charge is 2.39. The standard InChI is InChI=1S/C42H45N11O5/c1-27(46-40(55)29-4-3-5-31(22-29)44-24-37-48-49-39(50(37)2)35-14-15-43-26-45-35)28-6-9-33(10-7-28)58-21-20-51-16-18-52(19-17-51)32-8-11-34-30(23-32)25-53(42(34)57)36-12-13-38(54)47-41(36)56/h3-11,14-15,22-23,26-27,36,44H,12-13,16-21,24-25H2,1-2H3,(H,46,55)(H,47,54,56). The first-order valence-electron chi connectivity index (χ1n) is 19.5. The average Bonchev–Trinajstić information content (AvgIpc) is 3.78. The Bertz CT molecular complexity index is 2310. The lowest BCUT2D eigenvalue weighted by Crippen LogP contribution is -2.52. The number of ether oxygens (including phenoxy) is 1. The zero-order valence-electron chi connectivity index (χ0n) is 32.4. The van der Waals surface area contributed by atoms with Gasteiger partial charge in [0.05, 0.1) is 12.6 Å². The molecule has 16 nitrogen and oxygen atoms in total. The van der Waals surface area contributed by atoms with Gasteiger partial charge in [0.25, 0.3) is 11.8 Å². The summed E-state index contributed by atoms with van der Waals surface area (Å²) in [5, 5.41) is 17.4. The van der Waals surface area contributed by atoms with Crippen LogP contribution in [-0.4, -0.2) is 104 Å². The van der Waals surface area contributed by atoms with E-state index in [0.29, 0.717) is 48.8 Å². The Morgan fingerprint density at radius 2 is 1.81 bits per heavy atom. The molecule has 0 bridgehead atoms. The molecule has 5 heterocycles. The number of rotatable bonds is 13. The van der Waals surface area contributed by atoms with Crippen LogP contribution in [0, 0.1) is 0 Å². The number of hydrogen-bond donors (Lipinski definition) is 3. The van der Waals surface area contributed by atoms with Crippen molar-refractivity contribution in [1.29, 1.82) is 0 Å². The maximum absolute atomic E-state index is 13.2. The van der Waals surface area contributed by atoms with Crippen LogP contribution in [0.1, 0.15) is 63.5 Å². The molecule has 8 rings (SSSR count). The summed E-state index contributed by atoms with van der Waals surface area (Å²) in [4.78, 5) is 64.8. The minimum absolute atomic E-state index is 0.158. The third kappa shape index (κ3) is 8.37. The van der Waals surface area contributed by atoms with Crippen molar-refractivity contribution >= 4 is 35.0 Å². The molecule has 3 aliphatic heterocycles. The lowest BCUT2D eigenvalue weighted by molar-refractivity contribution is -0.136. The van der Waals surface area contributed by atoms with Crippen LogP contribution in [0.3, 0.4) is 0 Å². The van der Waals surface area contributed by atoms with Crippen LogP contribution >= 0.6 is 0 Å². The van der Waals surface area contributed by atoms with Crippen LogP contribution in [0.4, 0.5) is 11.4 Å². The number of piperazine rings is 1. The molecule has 0 radical (unpaired) electrons. The summed E-state index contributed by atoms with van der Waals surface area (Å²) < 4.78 is 7.96. The van der Waals surface area contributed by atoms with Gasteiger partial charge in [-0.3, -0.25) is 29.4 Å². The summed E-state index contributed by atoms with van der Waals surface area (Å²) in [6.07, 6.45) is 3.73. The van der Waals surface area contributed by atoms with E-state index in [9.17, 15) is 19.2 Å². The van der Waals surface area contributed by atoms with E-state index < -0.39 is 11.9 Å². The van der Waals surface area contributed by atoms with Gasteiger partial charge in [-0.25, -0.2) is 9.97 Å². The molecule has 0 spiro atoms. The minimum Gasteiger partial charge on any atom is -0.492 e. The molecule has 0 aliphatic carbocycles. The van der Waals surface area contributed by atoms with Gasteiger partial charge in [0.1, 0.15) is 30.4 Å². The van der Waals surface area contributed by atoms with Crippen molar-refractivity contribution in [2.24, 2.45) is 7.05 Å². The second kappa shape index (κ2) is 16.8. The number of amides is 4. The van der Waals surface area contributed by atoms with Crippen molar-refractivity contribution in [1.82, 2.24) is 45.2 Å². The van der Waals surface area contributed by atoms with Crippen molar-refractivity contribution < 1.29 is 23.9 Å². The smallest absolute Gasteiger partial charge is 0.255 e. The Morgan fingerprint density at radius 3 is 2.59 bits per heavy atom. The third-order valence-corrected chi connectivity index (χ3v) is 11.0. The molecule has 298 valence electrons. The van der Waals surface area contributed by atoms with Crippen LogP contribution in [0.2, 0.25) is 0 Å². The minimum atomic E-state index is -0.616. The Morgan fingerprint density at radius 1 is 0.983 bits per heavy atom. The maximum Gasteiger partial charge on any atom is 0.255 e. The zero-order valence-corrected chi connectivity index (χ0v) is 32.4. The zero-order chi connectivity index (χ0) is 40.2. The normalized spacial score (nSPS) is 17.5. The summed E-state index contributed by atoms with van der Waals surface area (Å²) in [6.45, 7) is 7.53. The molecule has 2 saturated heterocycles. The molecule has 16 heteroatoms. The van der Waals surface area contributed by atoms with Crippen molar-refractivity contribution in [3.8, 4) is 17.3 Å². The number of nitrogens with zero attached hydrogens (tertiary/aromatic N) is 8. The number of hydrogen-bond acceptors (Lipinski definition) is 12. The monoisotopic (exact) mass is 783 g/mol. The fraction of sp³-hybridized carbons (Fsp3) is 0.333. The topological polar surface area (TPSA) is 180 Å². The van der Waals surface area contributed by atoms with Gasteiger partial charge >= 0.3 is 0 Å². The van der Waals surface area contributed by atoms with E-state index in [1.807, 2.05) is 73.1 Å². The van der Waals surface area contributed by atoms with Gasteiger partial charge in [-0.1, -0.05) is 18.2 Å². The second-order valence-corrected chi connectivity index (χ2v) is 14.7. The molecule has 2 unspecified atom stereocenters. The maximum atomic E-state index is 13.2. The lowest BCUT2D eigenvalue weighted by atomic mass is 10.0. The van der Waals surface area contributed by atoms with E-state index in [4.69, 9.17) is 4.74 Å². The van der Waals surface area contributed by atoms with Crippen molar-refractivity contribution in [3.05, 3.63) is 113 Å². The summed E-state index contributed by atoms with van der Waals surface area (Å²) in [7, 11) is 1.88. The van der Waals surface area contributed by atoms with Gasteiger partial charge in [0.15, 0.2) is 11.6 Å². The Kier molecular flexibility index (Phi) is 11.1. The first kappa shape index (κ1) is 38.2. The van der Waals surface area contributed by atoms with Gasteiger partial charge in [0.2, 0.25) is 11.8 Å². The Hall–Kier alpha value is -6.68. The molecule has 3 aromatic carbocycles. The second-order valence-electron chi connectivity index (χ2n) is 14.7. The largest absolute Gasteiger partial charge is 0.492 e. The molecule has 3 aliphatic rings. The number of benzene rings is 3. The van der Waals surface area contributed by atoms with Gasteiger partial charge in [-0.2, -0.15) is 0 Å². The van der Waals surface area contributed by atoms with Crippen molar-refractivity contribution in [3.63, 3.8) is 0 Å². The summed E-state index contributed by atoms with van der Waals surface area (Å²) in [6, 6.07) is 22.0. The molecular formula is C42H45N11O5. The van der Waals surface area contributed by atoms with Crippen molar-refractivity contribution in [2.45, 2.75) is 44.9 Å². The van der Waals surface area contributed by atoms with Gasteiger partial charge in [-0.15, -0.1) is 10.2 Å². The van der Waals surface area contributed by atoms with E-state index >= 15 is 0 Å². The van der Waals surface area contributed by atoms with E-state index in [0.717, 1.165) is 66.8 Å². The highest BCUT2D eigenvalue weighted by molar-refractivity contribution is 6.05. The molecule has 58 heavy (non-hydrogen) atoms. The number of fused-ring (bicyclic) bond motifs is 1. The molecular weight excluding hydrogens is 739 g/mol. The predicted molar refractivity (Wildman–Crippen MR) is 215 cm³/mol. The highest BCUT2D eigenvalue weighted by Crippen LogP contribution is 2.31. The third-order valence-electron chi connectivity index (χ3n) is 11.0. The fourth-order valence-electron chi connectivity index (χ4n) is 7.61. The molecule has 0 saturated carbocycles. The number of piperidine rings is 1. The SMILES string of the molecule is CC(NC(=O)c1cccc(NCc2nnc(-c3ccncn3)n2C)c1)c1ccc(OCCN2CCN(c3ccc4c(c3)CN(C3CCC(=O)NC3=O)C4=O)CC2)cc1. The quantitative estimate of drug-likeness (QED) is 0.149. The van der Waals surface area contributed by atoms with Crippen LogP contribution in [0.15, 0.2) is 85.3 Å². The number of aromatic nitrogens is 5. The van der Waals surface area contributed by atoms with E-state index in [2.05, 4.69) is 52.0 Å². The molecule has 2 fully saturated rings. The van der Waals surface area contributed by atoms with Crippen LogP contribution < -0.4 is 25.6 Å².